The summed E-state index contributed by atoms with van der Waals surface area (Å²) in [5, 5.41) is 5.53. The van der Waals surface area contributed by atoms with Crippen LogP contribution in [-0.4, -0.2) is 39.4 Å². The molecule has 1 fully saturated rings. The molecule has 2 aromatic rings. The number of aromatic nitrogens is 3. The molecule has 23 heavy (non-hydrogen) atoms. The van der Waals surface area contributed by atoms with Gasteiger partial charge in [0.25, 0.3) is 5.91 Å². The van der Waals surface area contributed by atoms with E-state index in [0.29, 0.717) is 24.4 Å². The molecular formula is C16H17N5O2. The molecule has 3 heterocycles. The number of nitrogens with one attached hydrogen (secondary N) is 2. The van der Waals surface area contributed by atoms with E-state index in [2.05, 4.69) is 25.6 Å². The van der Waals surface area contributed by atoms with Crippen molar-refractivity contribution in [3.63, 3.8) is 0 Å². The monoisotopic (exact) mass is 311 g/mol. The Balaban J connectivity index is 1.69. The number of nitrogens with zero attached hydrogens (tertiary/aromatic N) is 3. The van der Waals surface area contributed by atoms with Crippen molar-refractivity contribution < 1.29 is 9.59 Å². The van der Waals surface area contributed by atoms with Crippen molar-refractivity contribution in [3.05, 3.63) is 42.5 Å². The third-order valence-corrected chi connectivity index (χ3v) is 3.69. The lowest BCUT2D eigenvalue weighted by Crippen LogP contribution is -2.45. The molecule has 2 aromatic heterocycles. The second-order valence-electron chi connectivity index (χ2n) is 5.34. The average molecular weight is 311 g/mol. The molecule has 1 aliphatic heterocycles. The lowest BCUT2D eigenvalue weighted by molar-refractivity contribution is -0.122. The van der Waals surface area contributed by atoms with Gasteiger partial charge < -0.3 is 10.6 Å². The van der Waals surface area contributed by atoms with Gasteiger partial charge in [0.05, 0.1) is 5.56 Å². The lowest BCUT2D eigenvalue weighted by Gasteiger charge is -2.14. The molecule has 0 saturated carbocycles. The largest absolute Gasteiger partial charge is 0.354 e. The first-order chi connectivity index (χ1) is 11.2. The fraction of sp³-hybridized carbons (Fsp3) is 0.312. The van der Waals surface area contributed by atoms with Gasteiger partial charge in [0.1, 0.15) is 6.04 Å². The fourth-order valence-corrected chi connectivity index (χ4v) is 2.41. The Bertz CT molecular complexity index is 687. The van der Waals surface area contributed by atoms with E-state index >= 15 is 0 Å². The highest BCUT2D eigenvalue weighted by Crippen LogP contribution is 2.12. The Morgan fingerprint density at radius 3 is 2.65 bits per heavy atom. The minimum atomic E-state index is -0.495. The van der Waals surface area contributed by atoms with Gasteiger partial charge in [0.2, 0.25) is 5.91 Å². The first-order valence-electron chi connectivity index (χ1n) is 7.55. The Morgan fingerprint density at radius 2 is 1.91 bits per heavy atom. The topological polar surface area (TPSA) is 96.9 Å². The van der Waals surface area contributed by atoms with Crippen LogP contribution in [0.3, 0.4) is 0 Å². The van der Waals surface area contributed by atoms with Crippen LogP contribution in [0.1, 0.15) is 29.6 Å². The summed E-state index contributed by atoms with van der Waals surface area (Å²) < 4.78 is 0. The van der Waals surface area contributed by atoms with Gasteiger partial charge in [-0.15, -0.1) is 0 Å². The molecule has 0 spiro atoms. The van der Waals surface area contributed by atoms with Crippen molar-refractivity contribution in [2.45, 2.75) is 25.3 Å². The highest BCUT2D eigenvalue weighted by atomic mass is 16.2. The smallest absolute Gasteiger partial charge is 0.255 e. The van der Waals surface area contributed by atoms with Gasteiger partial charge in [-0.1, -0.05) is 0 Å². The maximum absolute atomic E-state index is 12.2. The van der Waals surface area contributed by atoms with E-state index in [0.717, 1.165) is 18.4 Å². The molecule has 0 radical (unpaired) electrons. The third-order valence-electron chi connectivity index (χ3n) is 3.69. The SMILES string of the molecule is O=C(NC1CCCCNC1=O)c1cnc(-c2ccncc2)nc1. The van der Waals surface area contributed by atoms with Crippen molar-refractivity contribution in [2.24, 2.45) is 0 Å². The number of carbonyl (C=O) groups is 2. The molecule has 7 heteroatoms. The van der Waals surface area contributed by atoms with Crippen molar-refractivity contribution >= 4 is 11.8 Å². The summed E-state index contributed by atoms with van der Waals surface area (Å²) in [5.74, 6) is 0.0506. The normalized spacial score (nSPS) is 17.9. The van der Waals surface area contributed by atoms with Crippen LogP contribution in [0.4, 0.5) is 0 Å². The van der Waals surface area contributed by atoms with Gasteiger partial charge in [0.15, 0.2) is 5.82 Å². The predicted molar refractivity (Wildman–Crippen MR) is 83.4 cm³/mol. The Kier molecular flexibility index (Phi) is 4.56. The van der Waals surface area contributed by atoms with Crippen LogP contribution >= 0.6 is 0 Å². The molecule has 3 rings (SSSR count). The number of carbonyl (C=O) groups excluding carboxylic acids is 2. The van der Waals surface area contributed by atoms with Crippen LogP contribution in [-0.2, 0) is 4.79 Å². The zero-order valence-corrected chi connectivity index (χ0v) is 12.5. The van der Waals surface area contributed by atoms with E-state index < -0.39 is 6.04 Å². The first kappa shape index (κ1) is 15.1. The number of hydrogen-bond donors (Lipinski definition) is 2. The van der Waals surface area contributed by atoms with E-state index in [1.807, 2.05) is 0 Å². The maximum atomic E-state index is 12.2. The molecule has 118 valence electrons. The maximum Gasteiger partial charge on any atom is 0.255 e. The van der Waals surface area contributed by atoms with E-state index in [-0.39, 0.29) is 11.8 Å². The lowest BCUT2D eigenvalue weighted by atomic mass is 10.1. The summed E-state index contributed by atoms with van der Waals surface area (Å²) in [7, 11) is 0. The molecule has 7 nitrogen and oxygen atoms in total. The van der Waals surface area contributed by atoms with Crippen LogP contribution in [0.25, 0.3) is 11.4 Å². The van der Waals surface area contributed by atoms with Gasteiger partial charge in [-0.05, 0) is 31.4 Å². The Labute approximate surface area is 133 Å². The number of hydrogen-bond acceptors (Lipinski definition) is 5. The molecule has 2 amide bonds. The molecule has 2 N–H and O–H groups in total. The Hall–Kier alpha value is -2.83. The third kappa shape index (κ3) is 3.68. The van der Waals surface area contributed by atoms with Gasteiger partial charge in [-0.25, -0.2) is 9.97 Å². The fourth-order valence-electron chi connectivity index (χ4n) is 2.41. The van der Waals surface area contributed by atoms with Crippen molar-refractivity contribution in [1.29, 1.82) is 0 Å². The summed E-state index contributed by atoms with van der Waals surface area (Å²) >= 11 is 0. The van der Waals surface area contributed by atoms with Gasteiger partial charge >= 0.3 is 0 Å². The summed E-state index contributed by atoms with van der Waals surface area (Å²) in [6.07, 6.45) is 8.73. The van der Waals surface area contributed by atoms with Crippen LogP contribution < -0.4 is 10.6 Å². The van der Waals surface area contributed by atoms with E-state index in [1.165, 1.54) is 12.4 Å². The van der Waals surface area contributed by atoms with Gasteiger partial charge in [-0.2, -0.15) is 0 Å². The molecule has 0 aromatic carbocycles. The molecule has 1 aliphatic rings. The van der Waals surface area contributed by atoms with Crippen LogP contribution in [0.2, 0.25) is 0 Å². The number of rotatable bonds is 3. The summed E-state index contributed by atoms with van der Waals surface area (Å²) in [5.41, 5.74) is 1.16. The number of pyridine rings is 1. The minimum absolute atomic E-state index is 0.134. The van der Waals surface area contributed by atoms with E-state index in [9.17, 15) is 9.59 Å². The van der Waals surface area contributed by atoms with Crippen molar-refractivity contribution in [3.8, 4) is 11.4 Å². The second-order valence-corrected chi connectivity index (χ2v) is 5.34. The molecule has 0 bridgehead atoms. The zero-order valence-electron chi connectivity index (χ0n) is 12.5. The standard InChI is InChI=1S/C16H17N5O2/c22-15(21-13-3-1-2-6-18-16(13)23)12-9-19-14(20-10-12)11-4-7-17-8-5-11/h4-5,7-10,13H,1-3,6H2,(H,18,23)(H,21,22). The Morgan fingerprint density at radius 1 is 1.17 bits per heavy atom. The van der Waals surface area contributed by atoms with Crippen molar-refractivity contribution in [2.75, 3.05) is 6.54 Å². The van der Waals surface area contributed by atoms with Gasteiger partial charge in [-0.3, -0.25) is 14.6 Å². The highest BCUT2D eigenvalue weighted by Gasteiger charge is 2.23. The predicted octanol–water partition coefficient (Wildman–Crippen LogP) is 0.937. The summed E-state index contributed by atoms with van der Waals surface area (Å²) in [6, 6.07) is 3.10. The van der Waals surface area contributed by atoms with Crippen LogP contribution in [0.15, 0.2) is 36.9 Å². The number of amides is 2. The van der Waals surface area contributed by atoms with Gasteiger partial charge in [0, 0.05) is 36.9 Å². The van der Waals surface area contributed by atoms with Crippen molar-refractivity contribution in [1.82, 2.24) is 25.6 Å². The highest BCUT2D eigenvalue weighted by molar-refractivity contribution is 5.97. The van der Waals surface area contributed by atoms with E-state index in [1.54, 1.807) is 24.5 Å². The minimum Gasteiger partial charge on any atom is -0.354 e. The summed E-state index contributed by atoms with van der Waals surface area (Å²) in [4.78, 5) is 36.4. The van der Waals surface area contributed by atoms with Crippen LogP contribution in [0, 0.1) is 0 Å². The second kappa shape index (κ2) is 6.95. The average Bonchev–Trinajstić information content (AvgIpc) is 2.80. The molecular weight excluding hydrogens is 294 g/mol. The zero-order chi connectivity index (χ0) is 16.1. The molecule has 0 aliphatic carbocycles. The molecule has 1 saturated heterocycles. The van der Waals surface area contributed by atoms with E-state index in [4.69, 9.17) is 0 Å². The summed E-state index contributed by atoms with van der Waals surface area (Å²) in [6.45, 7) is 0.662. The van der Waals surface area contributed by atoms with Crippen LogP contribution in [0.5, 0.6) is 0 Å². The molecule has 1 unspecified atom stereocenters. The quantitative estimate of drug-likeness (QED) is 0.879. The first-order valence-corrected chi connectivity index (χ1v) is 7.55. The molecule has 1 atom stereocenters.